The molecule has 0 fully saturated rings. The number of pyridine rings is 2. The van der Waals surface area contributed by atoms with Crippen LogP contribution in [0.1, 0.15) is 28.1 Å². The van der Waals surface area contributed by atoms with Crippen LogP contribution in [0.4, 0.5) is 0 Å². The third-order valence-electron chi connectivity index (χ3n) is 8.23. The fourth-order valence-electron chi connectivity index (χ4n) is 6.22. The van der Waals surface area contributed by atoms with Gasteiger partial charge in [0.25, 0.3) is 5.56 Å². The van der Waals surface area contributed by atoms with E-state index in [1.54, 1.807) is 22.9 Å². The molecule has 0 aliphatic rings. The molecule has 6 heteroatoms. The SMILES string of the molecule is Cc1c(Cn2ccc3c[n+]([O-])c4ccccc4c3c2=O)ncn1C(c1ccccc1)(c1ccccc1)c1ccccc1. The minimum absolute atomic E-state index is 0.154. The first kappa shape index (κ1) is 25.5. The second-order valence-corrected chi connectivity index (χ2v) is 10.5. The van der Waals surface area contributed by atoms with Gasteiger partial charge in [0.2, 0.25) is 5.52 Å². The summed E-state index contributed by atoms with van der Waals surface area (Å²) in [7, 11) is 0. The van der Waals surface area contributed by atoms with E-state index in [-0.39, 0.29) is 5.56 Å². The van der Waals surface area contributed by atoms with Gasteiger partial charge in [0.1, 0.15) is 5.54 Å². The van der Waals surface area contributed by atoms with Gasteiger partial charge in [-0.1, -0.05) is 103 Å². The zero-order valence-electron chi connectivity index (χ0n) is 23.1. The van der Waals surface area contributed by atoms with Crippen LogP contribution < -0.4 is 10.3 Å². The highest BCUT2D eigenvalue weighted by molar-refractivity contribution is 6.03. The van der Waals surface area contributed by atoms with Gasteiger partial charge in [0, 0.05) is 18.0 Å². The minimum atomic E-state index is -0.689. The van der Waals surface area contributed by atoms with Crippen LogP contribution in [0.5, 0.6) is 0 Å². The van der Waals surface area contributed by atoms with Crippen molar-refractivity contribution in [2.45, 2.75) is 19.0 Å². The molecule has 3 heterocycles. The maximum Gasteiger partial charge on any atom is 0.259 e. The van der Waals surface area contributed by atoms with Crippen LogP contribution in [0.15, 0.2) is 145 Å². The van der Waals surface area contributed by atoms with E-state index in [9.17, 15) is 10.0 Å². The topological polar surface area (TPSA) is 66.8 Å². The number of fused-ring (bicyclic) bond motifs is 3. The van der Waals surface area contributed by atoms with Crippen molar-refractivity contribution in [1.29, 1.82) is 0 Å². The van der Waals surface area contributed by atoms with Crippen molar-refractivity contribution in [3.63, 3.8) is 0 Å². The van der Waals surface area contributed by atoms with Gasteiger partial charge in [-0.3, -0.25) is 4.79 Å². The smallest absolute Gasteiger partial charge is 0.259 e. The quantitative estimate of drug-likeness (QED) is 0.108. The summed E-state index contributed by atoms with van der Waals surface area (Å²) in [6, 6.07) is 40.4. The molecule has 0 atom stereocenters. The van der Waals surface area contributed by atoms with Gasteiger partial charge in [0.15, 0.2) is 6.20 Å². The standard InChI is InChI=1S/C36H28N4O2/c1-26-32(24-38-22-21-27-23-40(42)33-20-12-11-19-31(33)34(27)35(38)41)37-25-39(26)36(28-13-5-2-6-14-28,29-15-7-3-8-16-29)30-17-9-4-10-18-30/h2-23,25H,24H2,1H3. The first-order valence-corrected chi connectivity index (χ1v) is 13.9. The van der Waals surface area contributed by atoms with Crippen molar-refractivity contribution in [2.24, 2.45) is 0 Å². The second kappa shape index (κ2) is 10.2. The van der Waals surface area contributed by atoms with Crippen molar-refractivity contribution >= 4 is 21.7 Å². The van der Waals surface area contributed by atoms with Crippen LogP contribution in [-0.2, 0) is 12.1 Å². The minimum Gasteiger partial charge on any atom is -0.618 e. The molecule has 0 bridgehead atoms. The summed E-state index contributed by atoms with van der Waals surface area (Å²) in [5.74, 6) is 0. The molecule has 4 aromatic carbocycles. The van der Waals surface area contributed by atoms with Crippen LogP contribution in [0.2, 0.25) is 0 Å². The van der Waals surface area contributed by atoms with E-state index >= 15 is 0 Å². The van der Waals surface area contributed by atoms with Crippen LogP contribution in [-0.4, -0.2) is 14.1 Å². The first-order valence-electron chi connectivity index (χ1n) is 13.9. The van der Waals surface area contributed by atoms with E-state index in [0.717, 1.165) is 32.8 Å². The molecule has 6 nitrogen and oxygen atoms in total. The number of rotatable bonds is 6. The van der Waals surface area contributed by atoms with Crippen molar-refractivity contribution in [3.05, 3.63) is 184 Å². The summed E-state index contributed by atoms with van der Waals surface area (Å²) in [5.41, 5.74) is 4.69. The summed E-state index contributed by atoms with van der Waals surface area (Å²) in [6.45, 7) is 2.36. The Bertz CT molecular complexity index is 2000. The molecule has 0 unspecified atom stereocenters. The van der Waals surface area contributed by atoms with Gasteiger partial charge in [-0.2, -0.15) is 4.73 Å². The van der Waals surface area contributed by atoms with Crippen molar-refractivity contribution < 1.29 is 4.73 Å². The highest BCUT2D eigenvalue weighted by atomic mass is 16.5. The maximum absolute atomic E-state index is 13.9. The summed E-state index contributed by atoms with van der Waals surface area (Å²) in [6.07, 6.45) is 5.10. The highest BCUT2D eigenvalue weighted by Crippen LogP contribution is 2.41. The molecule has 3 aromatic heterocycles. The van der Waals surface area contributed by atoms with Gasteiger partial charge in [-0.05, 0) is 35.7 Å². The Balaban J connectivity index is 1.43. The van der Waals surface area contributed by atoms with Gasteiger partial charge >= 0.3 is 0 Å². The van der Waals surface area contributed by atoms with Gasteiger partial charge in [0.05, 0.1) is 34.7 Å². The number of aromatic nitrogens is 4. The Labute approximate surface area is 243 Å². The number of para-hydroxylation sites is 1. The molecule has 0 spiro atoms. The number of benzene rings is 4. The molecule has 7 rings (SSSR count). The Kier molecular flexibility index (Phi) is 6.16. The summed E-state index contributed by atoms with van der Waals surface area (Å²) < 4.78 is 4.73. The molecule has 0 saturated heterocycles. The molecule has 0 saturated carbocycles. The molecule has 7 aromatic rings. The van der Waals surface area contributed by atoms with E-state index in [1.807, 2.05) is 42.7 Å². The number of hydrogen-bond acceptors (Lipinski definition) is 3. The summed E-state index contributed by atoms with van der Waals surface area (Å²) >= 11 is 0. The molecule has 0 aliphatic heterocycles. The third-order valence-corrected chi connectivity index (χ3v) is 8.23. The Hall–Kier alpha value is -5.49. The lowest BCUT2D eigenvalue weighted by molar-refractivity contribution is -0.575. The molecular weight excluding hydrogens is 520 g/mol. The van der Waals surface area contributed by atoms with Gasteiger partial charge in [-0.25, -0.2) is 4.98 Å². The molecule has 0 N–H and O–H groups in total. The normalized spacial score (nSPS) is 11.7. The van der Waals surface area contributed by atoms with E-state index in [1.165, 1.54) is 6.20 Å². The number of imidazole rings is 1. The lowest BCUT2D eigenvalue weighted by atomic mass is 9.76. The number of nitrogens with zero attached hydrogens (tertiary/aromatic N) is 4. The predicted molar refractivity (Wildman–Crippen MR) is 165 cm³/mol. The van der Waals surface area contributed by atoms with Crippen LogP contribution in [0.25, 0.3) is 21.7 Å². The Morgan fingerprint density at radius 3 is 1.90 bits per heavy atom. The third kappa shape index (κ3) is 3.91. The molecular formula is C36H28N4O2. The average Bonchev–Trinajstić information content (AvgIpc) is 3.40. The van der Waals surface area contributed by atoms with E-state index < -0.39 is 5.54 Å². The molecule has 0 radical (unpaired) electrons. The Morgan fingerprint density at radius 2 is 1.31 bits per heavy atom. The van der Waals surface area contributed by atoms with E-state index in [4.69, 9.17) is 4.98 Å². The first-order chi connectivity index (χ1) is 20.6. The average molecular weight is 549 g/mol. The monoisotopic (exact) mass is 548 g/mol. The van der Waals surface area contributed by atoms with Crippen LogP contribution in [0, 0.1) is 12.1 Å². The zero-order chi connectivity index (χ0) is 28.7. The molecule has 0 amide bonds. The van der Waals surface area contributed by atoms with E-state index in [0.29, 0.717) is 28.2 Å². The lowest BCUT2D eigenvalue weighted by Crippen LogP contribution is -2.38. The van der Waals surface area contributed by atoms with Crippen LogP contribution >= 0.6 is 0 Å². The van der Waals surface area contributed by atoms with Crippen molar-refractivity contribution in [2.75, 3.05) is 0 Å². The Morgan fingerprint density at radius 1 is 0.762 bits per heavy atom. The predicted octanol–water partition coefficient (Wildman–Crippen LogP) is 6.18. The fraction of sp³-hybridized carbons (Fsp3) is 0.0833. The molecule has 0 aliphatic carbocycles. The summed E-state index contributed by atoms with van der Waals surface area (Å²) in [5, 5.41) is 14.4. The van der Waals surface area contributed by atoms with Gasteiger partial charge in [-0.15, -0.1) is 0 Å². The highest BCUT2D eigenvalue weighted by Gasteiger charge is 2.39. The number of hydrogen-bond donors (Lipinski definition) is 0. The van der Waals surface area contributed by atoms with E-state index in [2.05, 4.69) is 84.3 Å². The second-order valence-electron chi connectivity index (χ2n) is 10.5. The van der Waals surface area contributed by atoms with Crippen molar-refractivity contribution in [3.8, 4) is 0 Å². The van der Waals surface area contributed by atoms with Crippen molar-refractivity contribution in [1.82, 2.24) is 14.1 Å². The molecule has 42 heavy (non-hydrogen) atoms. The van der Waals surface area contributed by atoms with Crippen LogP contribution in [0.3, 0.4) is 0 Å². The zero-order valence-corrected chi connectivity index (χ0v) is 23.1. The maximum atomic E-state index is 13.9. The lowest BCUT2D eigenvalue weighted by Gasteiger charge is -2.38. The molecule has 204 valence electrons. The van der Waals surface area contributed by atoms with Gasteiger partial charge < -0.3 is 14.3 Å². The fourth-order valence-corrected chi connectivity index (χ4v) is 6.22. The summed E-state index contributed by atoms with van der Waals surface area (Å²) in [4.78, 5) is 18.8. The largest absolute Gasteiger partial charge is 0.618 e.